The maximum atomic E-state index is 5.91. The highest BCUT2D eigenvalue weighted by atomic mass is 32.9. The van der Waals surface area contributed by atoms with Crippen molar-refractivity contribution in [3.63, 3.8) is 0 Å². The van der Waals surface area contributed by atoms with E-state index in [9.17, 15) is 0 Å². The lowest BCUT2D eigenvalue weighted by molar-refractivity contribution is 0.361. The molecule has 0 aromatic carbocycles. The summed E-state index contributed by atoms with van der Waals surface area (Å²) in [5.74, 6) is 0. The van der Waals surface area contributed by atoms with Crippen LogP contribution in [0.25, 0.3) is 0 Å². The second-order valence-electron chi connectivity index (χ2n) is 4.26. The van der Waals surface area contributed by atoms with E-state index in [-0.39, 0.29) is 0 Å². The summed E-state index contributed by atoms with van der Waals surface area (Å²) >= 11 is 12.7. The predicted molar refractivity (Wildman–Crippen MR) is 97.7 cm³/mol. The molecule has 0 saturated heterocycles. The molecular formula is C13H26NOPS3. The van der Waals surface area contributed by atoms with Crippen LogP contribution in [-0.2, 0) is 16.3 Å². The maximum absolute atomic E-state index is 5.91. The summed E-state index contributed by atoms with van der Waals surface area (Å²) in [6, 6.07) is 0. The minimum atomic E-state index is -2.05. The van der Waals surface area contributed by atoms with Crippen LogP contribution in [0.15, 0.2) is 12.7 Å². The standard InChI is InChI=1S/C13H26NOPS3/c1-5-8-9-10-11-14(12-17)16(18,15-7-3)19-13(4)6-2/h5,12-13H,1,6-11H2,2-4H3. The van der Waals surface area contributed by atoms with E-state index in [4.69, 9.17) is 28.5 Å². The molecule has 0 aromatic heterocycles. The molecule has 0 aromatic rings. The van der Waals surface area contributed by atoms with E-state index in [0.29, 0.717) is 11.9 Å². The van der Waals surface area contributed by atoms with Gasteiger partial charge in [0.25, 0.3) is 0 Å². The van der Waals surface area contributed by atoms with Gasteiger partial charge in [-0.15, -0.1) is 6.58 Å². The Hall–Kier alpha value is 0.590. The Morgan fingerprint density at radius 2 is 2.11 bits per heavy atom. The summed E-state index contributed by atoms with van der Waals surface area (Å²) in [4.78, 5) is 0. The van der Waals surface area contributed by atoms with Crippen LogP contribution in [-0.4, -0.2) is 28.6 Å². The van der Waals surface area contributed by atoms with Crippen LogP contribution in [0.4, 0.5) is 0 Å². The van der Waals surface area contributed by atoms with E-state index in [1.807, 2.05) is 13.0 Å². The fourth-order valence-corrected chi connectivity index (χ4v) is 9.13. The van der Waals surface area contributed by atoms with Gasteiger partial charge in [0.1, 0.15) is 0 Å². The topological polar surface area (TPSA) is 12.5 Å². The van der Waals surface area contributed by atoms with Crippen LogP contribution in [0.2, 0.25) is 0 Å². The molecule has 0 fully saturated rings. The van der Waals surface area contributed by atoms with Gasteiger partial charge in [-0.2, -0.15) is 0 Å². The van der Waals surface area contributed by atoms with Crippen molar-refractivity contribution in [3.05, 3.63) is 12.7 Å². The van der Waals surface area contributed by atoms with Crippen molar-refractivity contribution in [2.24, 2.45) is 0 Å². The van der Waals surface area contributed by atoms with Gasteiger partial charge in [0.15, 0.2) is 0 Å². The highest BCUT2D eigenvalue weighted by Crippen LogP contribution is 2.64. The third-order valence-corrected chi connectivity index (χ3v) is 10.1. The SMILES string of the molecule is C=CCCCCN(C=S)P(=S)(OCC)SC(C)CC. The Labute approximate surface area is 133 Å². The van der Waals surface area contributed by atoms with Crippen LogP contribution in [0.1, 0.15) is 46.5 Å². The first kappa shape index (κ1) is 19.6. The largest absolute Gasteiger partial charge is 0.327 e. The number of thiocarbonyl (C=S) groups is 1. The van der Waals surface area contributed by atoms with Gasteiger partial charge >= 0.3 is 0 Å². The fraction of sp³-hybridized carbons (Fsp3) is 0.769. The van der Waals surface area contributed by atoms with Gasteiger partial charge in [-0.25, -0.2) is 0 Å². The monoisotopic (exact) mass is 339 g/mol. The van der Waals surface area contributed by atoms with Crippen molar-refractivity contribution in [1.29, 1.82) is 0 Å². The zero-order valence-corrected chi connectivity index (χ0v) is 15.6. The van der Waals surface area contributed by atoms with Crippen molar-refractivity contribution in [2.45, 2.75) is 51.7 Å². The van der Waals surface area contributed by atoms with E-state index in [2.05, 4.69) is 25.1 Å². The lowest BCUT2D eigenvalue weighted by atomic mass is 10.2. The Morgan fingerprint density at radius 3 is 2.58 bits per heavy atom. The molecule has 112 valence electrons. The molecule has 0 N–H and O–H groups in total. The summed E-state index contributed by atoms with van der Waals surface area (Å²) in [7, 11) is 0. The molecule has 0 rings (SSSR count). The molecule has 2 atom stereocenters. The lowest BCUT2D eigenvalue weighted by Gasteiger charge is -2.33. The second kappa shape index (κ2) is 11.3. The first-order valence-corrected chi connectivity index (χ1v) is 11.4. The summed E-state index contributed by atoms with van der Waals surface area (Å²) in [5.41, 5.74) is -0.359. The Morgan fingerprint density at radius 1 is 1.42 bits per heavy atom. The van der Waals surface area contributed by atoms with Gasteiger partial charge in [-0.05, 0) is 44.4 Å². The molecule has 0 radical (unpaired) electrons. The third-order valence-electron chi connectivity index (χ3n) is 2.66. The molecule has 0 bridgehead atoms. The molecule has 0 heterocycles. The molecule has 2 nitrogen and oxygen atoms in total. The summed E-state index contributed by atoms with van der Waals surface area (Å²) in [6.45, 7) is 11.6. The zero-order valence-electron chi connectivity index (χ0n) is 12.2. The number of unbranched alkanes of at least 4 members (excludes halogenated alkanes) is 2. The number of rotatable bonds is 12. The second-order valence-corrected chi connectivity index (χ2v) is 11.5. The minimum Gasteiger partial charge on any atom is -0.327 e. The highest BCUT2D eigenvalue weighted by Gasteiger charge is 2.27. The minimum absolute atomic E-state index is 0.503. The van der Waals surface area contributed by atoms with Crippen molar-refractivity contribution < 1.29 is 4.52 Å². The van der Waals surface area contributed by atoms with E-state index in [1.54, 1.807) is 16.9 Å². The Kier molecular flexibility index (Phi) is 11.6. The molecule has 6 heteroatoms. The zero-order chi connectivity index (χ0) is 14.7. The number of allylic oxidation sites excluding steroid dienone is 1. The quantitative estimate of drug-likeness (QED) is 0.204. The molecule has 0 aliphatic heterocycles. The van der Waals surface area contributed by atoms with Crippen molar-refractivity contribution >= 4 is 46.5 Å². The Balaban J connectivity index is 4.63. The maximum Gasteiger partial charge on any atom is 0.213 e. The van der Waals surface area contributed by atoms with Gasteiger partial charge in [0.2, 0.25) is 5.62 Å². The summed E-state index contributed by atoms with van der Waals surface area (Å²) in [5, 5.41) is 0.503. The van der Waals surface area contributed by atoms with Gasteiger partial charge in [-0.3, -0.25) is 0 Å². The third kappa shape index (κ3) is 7.81. The van der Waals surface area contributed by atoms with Crippen LogP contribution >= 0.6 is 29.2 Å². The molecule has 0 spiro atoms. The molecule has 0 aliphatic carbocycles. The molecular weight excluding hydrogens is 313 g/mol. The smallest absolute Gasteiger partial charge is 0.213 e. The highest BCUT2D eigenvalue weighted by molar-refractivity contribution is 8.69. The Bertz CT molecular complexity index is 312. The number of hydrogen-bond donors (Lipinski definition) is 0. The van der Waals surface area contributed by atoms with Crippen molar-refractivity contribution in [1.82, 2.24) is 4.67 Å². The van der Waals surface area contributed by atoms with E-state index >= 15 is 0 Å². The van der Waals surface area contributed by atoms with E-state index in [1.165, 1.54) is 0 Å². The van der Waals surface area contributed by atoms with Crippen molar-refractivity contribution in [2.75, 3.05) is 13.2 Å². The number of hydrogen-bond acceptors (Lipinski definition) is 4. The normalized spacial score (nSPS) is 15.5. The average molecular weight is 340 g/mol. The number of nitrogens with zero attached hydrogens (tertiary/aromatic N) is 1. The fourth-order valence-electron chi connectivity index (χ4n) is 1.43. The lowest BCUT2D eigenvalue weighted by Crippen LogP contribution is -2.20. The van der Waals surface area contributed by atoms with E-state index < -0.39 is 5.62 Å². The van der Waals surface area contributed by atoms with Crippen LogP contribution in [0.3, 0.4) is 0 Å². The molecule has 0 saturated carbocycles. The summed E-state index contributed by atoms with van der Waals surface area (Å²) in [6.07, 6.45) is 6.29. The van der Waals surface area contributed by atoms with Crippen molar-refractivity contribution in [3.8, 4) is 0 Å². The predicted octanol–water partition coefficient (Wildman–Crippen LogP) is 5.39. The molecule has 19 heavy (non-hydrogen) atoms. The van der Waals surface area contributed by atoms with Crippen LogP contribution in [0.5, 0.6) is 0 Å². The molecule has 0 aliphatic rings. The first-order chi connectivity index (χ1) is 9.03. The van der Waals surface area contributed by atoms with Gasteiger partial charge in [0.05, 0.1) is 12.1 Å². The van der Waals surface area contributed by atoms with Gasteiger partial charge in [-0.1, -0.05) is 43.5 Å². The molecule has 0 amide bonds. The average Bonchev–Trinajstić information content (AvgIpc) is 2.38. The van der Waals surface area contributed by atoms with Gasteiger partial charge in [0, 0.05) is 11.8 Å². The molecule has 2 unspecified atom stereocenters. The summed E-state index contributed by atoms with van der Waals surface area (Å²) < 4.78 is 7.99. The van der Waals surface area contributed by atoms with Crippen LogP contribution in [0, 0.1) is 0 Å². The van der Waals surface area contributed by atoms with Crippen LogP contribution < -0.4 is 0 Å². The first-order valence-electron chi connectivity index (χ1n) is 6.80. The van der Waals surface area contributed by atoms with E-state index in [0.717, 1.165) is 32.2 Å². The van der Waals surface area contributed by atoms with Gasteiger partial charge < -0.3 is 9.19 Å².